The maximum atomic E-state index is 12.5. The zero-order chi connectivity index (χ0) is 19.9. The van der Waals surface area contributed by atoms with Crippen LogP contribution >= 0.6 is 0 Å². The number of hydrogen-bond acceptors (Lipinski definition) is 5. The molecule has 146 valence electrons. The molecule has 1 aliphatic heterocycles. The van der Waals surface area contributed by atoms with Crippen LogP contribution < -0.4 is 5.32 Å². The van der Waals surface area contributed by atoms with Crippen LogP contribution in [0.25, 0.3) is 6.08 Å². The summed E-state index contributed by atoms with van der Waals surface area (Å²) in [5.41, 5.74) is 1.45. The minimum atomic E-state index is -0.398. The molecule has 1 N–H and O–H groups in total. The Morgan fingerprint density at radius 2 is 2.07 bits per heavy atom. The lowest BCUT2D eigenvalue weighted by Gasteiger charge is -2.15. The van der Waals surface area contributed by atoms with Crippen molar-refractivity contribution in [3.63, 3.8) is 0 Å². The highest BCUT2D eigenvalue weighted by atomic mass is 16.5. The maximum Gasteiger partial charge on any atom is 0.330 e. The summed E-state index contributed by atoms with van der Waals surface area (Å²) >= 11 is 0. The Labute approximate surface area is 163 Å². The number of carbonyl (C=O) groups is 3. The molecule has 1 atom stereocenters. The molecular formula is C21H22N2O5. The second-order valence-corrected chi connectivity index (χ2v) is 6.45. The zero-order valence-electron chi connectivity index (χ0n) is 15.6. The first-order chi connectivity index (χ1) is 13.5. The predicted octanol–water partition coefficient (Wildman–Crippen LogP) is 2.84. The quantitative estimate of drug-likeness (QED) is 0.588. The van der Waals surface area contributed by atoms with Gasteiger partial charge in [0.15, 0.2) is 0 Å². The summed E-state index contributed by atoms with van der Waals surface area (Å²) in [6.07, 6.45) is 4.75. The van der Waals surface area contributed by atoms with Crippen LogP contribution in [0.1, 0.15) is 24.7 Å². The molecule has 0 spiro atoms. The van der Waals surface area contributed by atoms with Gasteiger partial charge < -0.3 is 19.4 Å². The number of carbonyl (C=O) groups excluding carboxylic acids is 3. The molecule has 0 saturated carbocycles. The molecule has 2 aromatic rings. The topological polar surface area (TPSA) is 88.8 Å². The van der Waals surface area contributed by atoms with Crippen molar-refractivity contribution in [1.29, 1.82) is 0 Å². The summed E-state index contributed by atoms with van der Waals surface area (Å²) in [5, 5.41) is 2.84. The van der Waals surface area contributed by atoms with Crippen molar-refractivity contribution in [3.8, 4) is 0 Å². The smallest absolute Gasteiger partial charge is 0.330 e. The summed E-state index contributed by atoms with van der Waals surface area (Å²) in [4.78, 5) is 37.6. The van der Waals surface area contributed by atoms with Gasteiger partial charge in [0, 0.05) is 24.7 Å². The maximum absolute atomic E-state index is 12.5. The second kappa shape index (κ2) is 9.03. The first-order valence-electron chi connectivity index (χ1n) is 9.11. The molecule has 1 saturated heterocycles. The highest BCUT2D eigenvalue weighted by molar-refractivity contribution is 5.97. The Balaban J connectivity index is 1.53. The molecule has 1 unspecified atom stereocenters. The lowest BCUT2D eigenvalue weighted by atomic mass is 10.1. The summed E-state index contributed by atoms with van der Waals surface area (Å²) in [5.74, 6) is -0.349. The highest BCUT2D eigenvalue weighted by Crippen LogP contribution is 2.22. The van der Waals surface area contributed by atoms with Gasteiger partial charge in [0.1, 0.15) is 5.76 Å². The van der Waals surface area contributed by atoms with Crippen molar-refractivity contribution in [3.05, 3.63) is 60.1 Å². The van der Waals surface area contributed by atoms with E-state index in [4.69, 9.17) is 9.15 Å². The van der Waals surface area contributed by atoms with Crippen LogP contribution in [0.2, 0.25) is 0 Å². The summed E-state index contributed by atoms with van der Waals surface area (Å²) in [6.45, 7) is 2.82. The summed E-state index contributed by atoms with van der Waals surface area (Å²) in [7, 11) is 0. The zero-order valence-corrected chi connectivity index (χ0v) is 15.6. The van der Waals surface area contributed by atoms with E-state index in [9.17, 15) is 14.4 Å². The van der Waals surface area contributed by atoms with Gasteiger partial charge in [-0.2, -0.15) is 0 Å². The van der Waals surface area contributed by atoms with E-state index < -0.39 is 11.9 Å². The third-order valence-electron chi connectivity index (χ3n) is 4.39. The standard InChI is InChI=1S/C21H22N2O5/c1-2-27-20(25)10-7-15-5-8-17(9-6-15)22-21(26)16-12-19(24)23(13-16)14-18-4-3-11-28-18/h3-11,16H,2,12-14H2,1H3,(H,22,26)/b10-7+. The SMILES string of the molecule is CCOC(=O)/C=C/c1ccc(NC(=O)C2CC(=O)N(Cc3ccco3)C2)cc1. The summed E-state index contributed by atoms with van der Waals surface area (Å²) < 4.78 is 10.1. The molecule has 28 heavy (non-hydrogen) atoms. The van der Waals surface area contributed by atoms with Crippen molar-refractivity contribution in [1.82, 2.24) is 4.90 Å². The van der Waals surface area contributed by atoms with Crippen molar-refractivity contribution < 1.29 is 23.5 Å². The Morgan fingerprint density at radius 3 is 2.75 bits per heavy atom. The van der Waals surface area contributed by atoms with Crippen LogP contribution in [0.3, 0.4) is 0 Å². The van der Waals surface area contributed by atoms with Gasteiger partial charge in [-0.3, -0.25) is 9.59 Å². The Hall–Kier alpha value is -3.35. The minimum Gasteiger partial charge on any atom is -0.467 e. The fraction of sp³-hybridized carbons (Fsp3) is 0.286. The molecular weight excluding hydrogens is 360 g/mol. The fourth-order valence-electron chi connectivity index (χ4n) is 2.97. The van der Waals surface area contributed by atoms with Crippen LogP contribution in [-0.4, -0.2) is 35.8 Å². The van der Waals surface area contributed by atoms with Gasteiger partial charge in [0.25, 0.3) is 0 Å². The molecule has 3 rings (SSSR count). The third kappa shape index (κ3) is 5.09. The molecule has 1 fully saturated rings. The first-order valence-corrected chi connectivity index (χ1v) is 9.11. The van der Waals surface area contributed by atoms with Crippen LogP contribution in [0.5, 0.6) is 0 Å². The summed E-state index contributed by atoms with van der Waals surface area (Å²) in [6, 6.07) is 10.6. The van der Waals surface area contributed by atoms with Gasteiger partial charge >= 0.3 is 5.97 Å². The van der Waals surface area contributed by atoms with Gasteiger partial charge in [-0.05, 0) is 42.8 Å². The number of anilines is 1. The molecule has 1 aliphatic rings. The number of amides is 2. The van der Waals surface area contributed by atoms with Crippen molar-refractivity contribution in [2.24, 2.45) is 5.92 Å². The normalized spacial score (nSPS) is 16.5. The molecule has 0 aliphatic carbocycles. The van der Waals surface area contributed by atoms with E-state index >= 15 is 0 Å². The number of likely N-dealkylation sites (tertiary alicyclic amines) is 1. The van der Waals surface area contributed by atoms with Gasteiger partial charge in [-0.25, -0.2) is 4.79 Å². The van der Waals surface area contributed by atoms with E-state index in [1.54, 1.807) is 60.6 Å². The molecule has 1 aromatic carbocycles. The van der Waals surface area contributed by atoms with Crippen LogP contribution in [0.4, 0.5) is 5.69 Å². The average molecular weight is 382 g/mol. The van der Waals surface area contributed by atoms with Gasteiger partial charge in [-0.1, -0.05) is 12.1 Å². The largest absolute Gasteiger partial charge is 0.467 e. The number of nitrogens with one attached hydrogen (secondary N) is 1. The number of ether oxygens (including phenoxy) is 1. The second-order valence-electron chi connectivity index (χ2n) is 6.45. The van der Waals surface area contributed by atoms with Crippen molar-refractivity contribution in [2.75, 3.05) is 18.5 Å². The molecule has 0 bridgehead atoms. The third-order valence-corrected chi connectivity index (χ3v) is 4.39. The Morgan fingerprint density at radius 1 is 1.29 bits per heavy atom. The lowest BCUT2D eigenvalue weighted by Crippen LogP contribution is -2.27. The average Bonchev–Trinajstić information content (AvgIpc) is 3.32. The number of benzene rings is 1. The molecule has 0 radical (unpaired) electrons. The van der Waals surface area contributed by atoms with E-state index in [0.29, 0.717) is 31.1 Å². The number of rotatable bonds is 7. The Bertz CT molecular complexity index is 855. The number of esters is 1. The van der Waals surface area contributed by atoms with E-state index in [0.717, 1.165) is 5.56 Å². The van der Waals surface area contributed by atoms with Gasteiger partial charge in [0.05, 0.1) is 25.3 Å². The number of nitrogens with zero attached hydrogens (tertiary/aromatic N) is 1. The minimum absolute atomic E-state index is 0.0593. The molecule has 2 amide bonds. The van der Waals surface area contributed by atoms with E-state index in [1.807, 2.05) is 0 Å². The highest BCUT2D eigenvalue weighted by Gasteiger charge is 2.34. The van der Waals surface area contributed by atoms with Crippen LogP contribution in [0, 0.1) is 5.92 Å². The van der Waals surface area contributed by atoms with Crippen LogP contribution in [0.15, 0.2) is 53.2 Å². The molecule has 2 heterocycles. The van der Waals surface area contributed by atoms with Crippen LogP contribution in [-0.2, 0) is 25.7 Å². The van der Waals surface area contributed by atoms with E-state index in [-0.39, 0.29) is 18.2 Å². The van der Waals surface area contributed by atoms with E-state index in [1.165, 1.54) is 6.08 Å². The number of hydrogen-bond donors (Lipinski definition) is 1. The lowest BCUT2D eigenvalue weighted by molar-refractivity contribution is -0.137. The Kier molecular flexibility index (Phi) is 6.26. The molecule has 7 nitrogen and oxygen atoms in total. The van der Waals surface area contributed by atoms with Gasteiger partial charge in [-0.15, -0.1) is 0 Å². The fourth-order valence-corrected chi connectivity index (χ4v) is 2.97. The first kappa shape index (κ1) is 19.4. The van der Waals surface area contributed by atoms with Gasteiger partial charge in [0.2, 0.25) is 11.8 Å². The monoisotopic (exact) mass is 382 g/mol. The molecule has 7 heteroatoms. The molecule has 1 aromatic heterocycles. The van der Waals surface area contributed by atoms with Crippen molar-refractivity contribution in [2.45, 2.75) is 19.9 Å². The van der Waals surface area contributed by atoms with Crippen molar-refractivity contribution >= 4 is 29.5 Å². The number of furan rings is 1. The van der Waals surface area contributed by atoms with E-state index in [2.05, 4.69) is 5.32 Å². The predicted molar refractivity (Wildman–Crippen MR) is 103 cm³/mol.